The number of benzene rings is 3. The number of ether oxygens (including phenoxy) is 2. The predicted octanol–water partition coefficient (Wildman–Crippen LogP) is 5.78. The van der Waals surface area contributed by atoms with Crippen LogP contribution in [0.5, 0.6) is 17.2 Å². The summed E-state index contributed by atoms with van der Waals surface area (Å²) in [4.78, 5) is 38.6. The second-order valence-electron chi connectivity index (χ2n) is 9.07. The minimum absolute atomic E-state index is 0.0555. The fourth-order valence-corrected chi connectivity index (χ4v) is 4.15. The number of rotatable bonds is 11. The number of hydrogen-bond donors (Lipinski definition) is 2. The van der Waals surface area contributed by atoms with Crippen molar-refractivity contribution >= 4 is 35.1 Å². The highest BCUT2D eigenvalue weighted by molar-refractivity contribution is 6.30. The van der Waals surface area contributed by atoms with Crippen LogP contribution in [-0.4, -0.2) is 41.4 Å². The molecule has 0 atom stereocenters. The monoisotopic (exact) mass is 536 g/mol. The normalized spacial score (nSPS) is 12.5. The lowest BCUT2D eigenvalue weighted by Crippen LogP contribution is -2.31. The SMILES string of the molecule is CCN(Cc1cc(NC(=O)c2ccc(Cl)cc2)ccc1Oc1cc(CC(=O)O)ccc1OC)C(=O)C1CC1. The zero-order valence-corrected chi connectivity index (χ0v) is 22.0. The molecule has 3 aromatic rings. The number of aliphatic carboxylic acids is 1. The molecule has 0 unspecified atom stereocenters. The van der Waals surface area contributed by atoms with Crippen molar-refractivity contribution in [3.05, 3.63) is 82.4 Å². The number of halogens is 1. The predicted molar refractivity (Wildman–Crippen MR) is 144 cm³/mol. The topological polar surface area (TPSA) is 105 Å². The van der Waals surface area contributed by atoms with E-state index in [2.05, 4.69) is 5.32 Å². The molecule has 0 saturated heterocycles. The first-order valence-corrected chi connectivity index (χ1v) is 12.7. The lowest BCUT2D eigenvalue weighted by atomic mass is 10.1. The van der Waals surface area contributed by atoms with E-state index in [1.165, 1.54) is 7.11 Å². The maximum atomic E-state index is 12.9. The maximum Gasteiger partial charge on any atom is 0.307 e. The van der Waals surface area contributed by atoms with Crippen LogP contribution in [0.3, 0.4) is 0 Å². The largest absolute Gasteiger partial charge is 0.493 e. The number of carboxylic acid groups (broad SMARTS) is 1. The van der Waals surface area contributed by atoms with Gasteiger partial charge >= 0.3 is 5.97 Å². The van der Waals surface area contributed by atoms with Crippen LogP contribution in [0, 0.1) is 5.92 Å². The van der Waals surface area contributed by atoms with E-state index in [1.807, 2.05) is 6.92 Å². The van der Waals surface area contributed by atoms with Crippen molar-refractivity contribution in [2.24, 2.45) is 5.92 Å². The average Bonchev–Trinajstić information content (AvgIpc) is 3.74. The number of methoxy groups -OCH3 is 1. The number of anilines is 1. The Labute approximate surface area is 226 Å². The van der Waals surface area contributed by atoms with Gasteiger partial charge in [0.15, 0.2) is 11.5 Å². The molecule has 1 aliphatic rings. The molecule has 1 fully saturated rings. The van der Waals surface area contributed by atoms with E-state index in [4.69, 9.17) is 21.1 Å². The van der Waals surface area contributed by atoms with E-state index < -0.39 is 5.97 Å². The van der Waals surface area contributed by atoms with Crippen molar-refractivity contribution in [3.8, 4) is 17.2 Å². The van der Waals surface area contributed by atoms with Crippen molar-refractivity contribution < 1.29 is 29.0 Å². The van der Waals surface area contributed by atoms with Gasteiger partial charge in [0.05, 0.1) is 13.5 Å². The lowest BCUT2D eigenvalue weighted by molar-refractivity contribution is -0.136. The van der Waals surface area contributed by atoms with Gasteiger partial charge in [-0.3, -0.25) is 14.4 Å². The number of carbonyl (C=O) groups excluding carboxylic acids is 2. The van der Waals surface area contributed by atoms with Crippen molar-refractivity contribution in [3.63, 3.8) is 0 Å². The molecule has 2 N–H and O–H groups in total. The molecule has 3 aromatic carbocycles. The molecule has 1 saturated carbocycles. The summed E-state index contributed by atoms with van der Waals surface area (Å²) in [7, 11) is 1.50. The summed E-state index contributed by atoms with van der Waals surface area (Å²) >= 11 is 5.94. The molecule has 0 heterocycles. The summed E-state index contributed by atoms with van der Waals surface area (Å²) in [5.41, 5.74) is 2.23. The van der Waals surface area contributed by atoms with Gasteiger partial charge in [-0.1, -0.05) is 17.7 Å². The van der Waals surface area contributed by atoms with E-state index in [-0.39, 0.29) is 30.7 Å². The van der Waals surface area contributed by atoms with Gasteiger partial charge in [-0.25, -0.2) is 0 Å². The molecule has 9 heteroatoms. The zero-order chi connectivity index (χ0) is 27.2. The van der Waals surface area contributed by atoms with Gasteiger partial charge in [0.2, 0.25) is 5.91 Å². The third-order valence-electron chi connectivity index (χ3n) is 6.21. The molecule has 0 spiro atoms. The lowest BCUT2D eigenvalue weighted by Gasteiger charge is -2.23. The Bertz CT molecular complexity index is 1340. The fraction of sp³-hybridized carbons (Fsp3) is 0.276. The Morgan fingerprint density at radius 3 is 2.34 bits per heavy atom. The highest BCUT2D eigenvalue weighted by atomic mass is 35.5. The van der Waals surface area contributed by atoms with E-state index >= 15 is 0 Å². The van der Waals surface area contributed by atoms with Crippen molar-refractivity contribution in [2.75, 3.05) is 19.0 Å². The van der Waals surface area contributed by atoms with E-state index in [0.717, 1.165) is 12.8 Å². The first-order valence-electron chi connectivity index (χ1n) is 12.3. The minimum Gasteiger partial charge on any atom is -0.493 e. The molecule has 0 aromatic heterocycles. The Kier molecular flexibility index (Phi) is 8.53. The smallest absolute Gasteiger partial charge is 0.307 e. The van der Waals surface area contributed by atoms with Gasteiger partial charge < -0.3 is 24.8 Å². The Hall–Kier alpha value is -4.04. The summed E-state index contributed by atoms with van der Waals surface area (Å²) in [6, 6.07) is 16.7. The number of nitrogens with one attached hydrogen (secondary N) is 1. The highest BCUT2D eigenvalue weighted by Crippen LogP contribution is 2.37. The van der Waals surface area contributed by atoms with Gasteiger partial charge in [-0.05, 0) is 79.9 Å². The van der Waals surface area contributed by atoms with Crippen LogP contribution in [0.4, 0.5) is 5.69 Å². The quantitative estimate of drug-likeness (QED) is 0.322. The number of carbonyl (C=O) groups is 3. The van der Waals surface area contributed by atoms with Crippen molar-refractivity contribution in [1.82, 2.24) is 4.90 Å². The van der Waals surface area contributed by atoms with Crippen LogP contribution < -0.4 is 14.8 Å². The van der Waals surface area contributed by atoms with Gasteiger partial charge in [0.25, 0.3) is 5.91 Å². The summed E-state index contributed by atoms with van der Waals surface area (Å²) in [6.07, 6.45) is 1.62. The molecular weight excluding hydrogens is 508 g/mol. The number of amides is 2. The van der Waals surface area contributed by atoms with Crippen LogP contribution in [0.15, 0.2) is 60.7 Å². The van der Waals surface area contributed by atoms with Crippen LogP contribution in [0.1, 0.15) is 41.3 Å². The molecule has 8 nitrogen and oxygen atoms in total. The molecule has 2 amide bonds. The Balaban J connectivity index is 1.65. The first-order chi connectivity index (χ1) is 18.3. The highest BCUT2D eigenvalue weighted by Gasteiger charge is 2.33. The van der Waals surface area contributed by atoms with Crippen molar-refractivity contribution in [2.45, 2.75) is 32.7 Å². The summed E-state index contributed by atoms with van der Waals surface area (Å²) < 4.78 is 11.7. The van der Waals surface area contributed by atoms with Gasteiger partial charge in [0.1, 0.15) is 5.75 Å². The summed E-state index contributed by atoms with van der Waals surface area (Å²) in [5, 5.41) is 12.6. The molecule has 198 valence electrons. The fourth-order valence-electron chi connectivity index (χ4n) is 4.03. The van der Waals surface area contributed by atoms with Gasteiger partial charge in [-0.15, -0.1) is 0 Å². The maximum absolute atomic E-state index is 12.9. The van der Waals surface area contributed by atoms with Crippen LogP contribution in [0.25, 0.3) is 0 Å². The molecule has 38 heavy (non-hydrogen) atoms. The minimum atomic E-state index is -0.959. The van der Waals surface area contributed by atoms with Gasteiger partial charge in [0, 0.05) is 40.8 Å². The van der Waals surface area contributed by atoms with Gasteiger partial charge in [-0.2, -0.15) is 0 Å². The second-order valence-corrected chi connectivity index (χ2v) is 9.50. The number of carboxylic acids is 1. The number of nitrogens with zero attached hydrogens (tertiary/aromatic N) is 1. The standard InChI is InChI=1S/C29H29ClN2O6/c1-3-32(29(36)20-5-6-20)17-21-16-23(31-28(35)19-7-9-22(30)10-8-19)11-13-24(21)38-26-14-18(15-27(33)34)4-12-25(26)37-2/h4,7-14,16,20H,3,5-6,15,17H2,1-2H3,(H,31,35)(H,33,34). The number of hydrogen-bond acceptors (Lipinski definition) is 5. The van der Waals surface area contributed by atoms with Crippen LogP contribution in [-0.2, 0) is 22.6 Å². The Morgan fingerprint density at radius 2 is 1.71 bits per heavy atom. The average molecular weight is 537 g/mol. The third-order valence-corrected chi connectivity index (χ3v) is 6.46. The summed E-state index contributed by atoms with van der Waals surface area (Å²) in [6.45, 7) is 2.72. The Morgan fingerprint density at radius 1 is 1.00 bits per heavy atom. The van der Waals surface area contributed by atoms with Crippen LogP contribution >= 0.6 is 11.6 Å². The molecule has 0 radical (unpaired) electrons. The van der Waals surface area contributed by atoms with E-state index in [1.54, 1.807) is 65.6 Å². The molecule has 4 rings (SSSR count). The zero-order valence-electron chi connectivity index (χ0n) is 21.2. The molecule has 0 bridgehead atoms. The first kappa shape index (κ1) is 27.0. The summed E-state index contributed by atoms with van der Waals surface area (Å²) in [5.74, 6) is 0.136. The third kappa shape index (κ3) is 6.83. The second kappa shape index (κ2) is 12.0. The van der Waals surface area contributed by atoms with Crippen molar-refractivity contribution in [1.29, 1.82) is 0 Å². The van der Waals surface area contributed by atoms with E-state index in [0.29, 0.717) is 51.2 Å². The molecule has 0 aliphatic heterocycles. The molecule has 1 aliphatic carbocycles. The van der Waals surface area contributed by atoms with Crippen LogP contribution in [0.2, 0.25) is 5.02 Å². The molecular formula is C29H29ClN2O6. The van der Waals surface area contributed by atoms with E-state index in [9.17, 15) is 19.5 Å².